The second-order valence-corrected chi connectivity index (χ2v) is 8.61. The van der Waals surface area contributed by atoms with Gasteiger partial charge in [-0.05, 0) is 65.8 Å². The number of fused-ring (bicyclic) bond motifs is 1. The first-order valence-electron chi connectivity index (χ1n) is 11.8. The van der Waals surface area contributed by atoms with Crippen LogP contribution in [-0.2, 0) is 30.8 Å². The van der Waals surface area contributed by atoms with Gasteiger partial charge < -0.3 is 24.6 Å². The van der Waals surface area contributed by atoms with Gasteiger partial charge in [-0.15, -0.1) is 0 Å². The number of carboxylic acid groups (broad SMARTS) is 1. The maximum Gasteiger partial charge on any atom is 0.303 e. The summed E-state index contributed by atoms with van der Waals surface area (Å²) in [6, 6.07) is 18.8. The largest absolute Gasteiger partial charge is 0.491 e. The molecule has 0 atom stereocenters. The zero-order valence-corrected chi connectivity index (χ0v) is 19.6. The highest BCUT2D eigenvalue weighted by molar-refractivity contribution is 5.67. The minimum absolute atomic E-state index is 0.0173. The molecule has 1 heterocycles. The summed E-state index contributed by atoms with van der Waals surface area (Å²) in [4.78, 5) is 13.1. The van der Waals surface area contributed by atoms with E-state index in [0.717, 1.165) is 48.7 Å². The molecule has 0 saturated heterocycles. The molecule has 2 N–H and O–H groups in total. The number of aliphatic carboxylic acids is 1. The lowest BCUT2D eigenvalue weighted by atomic mass is 10.00. The van der Waals surface area contributed by atoms with Crippen molar-refractivity contribution < 1.29 is 28.9 Å². The molecule has 0 unspecified atom stereocenters. The average molecular weight is 480 g/mol. The van der Waals surface area contributed by atoms with Crippen molar-refractivity contribution >= 4 is 11.7 Å². The molecule has 7 heteroatoms. The molecule has 184 valence electrons. The Morgan fingerprint density at radius 2 is 1.83 bits per heavy atom. The van der Waals surface area contributed by atoms with Crippen LogP contribution in [0.1, 0.15) is 35.1 Å². The summed E-state index contributed by atoms with van der Waals surface area (Å²) >= 11 is 0. The second kappa shape index (κ2) is 11.7. The van der Waals surface area contributed by atoms with E-state index in [2.05, 4.69) is 11.0 Å². The van der Waals surface area contributed by atoms with E-state index in [4.69, 9.17) is 19.7 Å². The lowest BCUT2D eigenvalue weighted by Gasteiger charge is -2.33. The maximum absolute atomic E-state index is 14.4. The topological polar surface area (TPSA) is 79.2 Å². The van der Waals surface area contributed by atoms with Gasteiger partial charge in [0.2, 0.25) is 0 Å². The second-order valence-electron chi connectivity index (χ2n) is 8.61. The van der Waals surface area contributed by atoms with E-state index >= 15 is 0 Å². The van der Waals surface area contributed by atoms with Crippen LogP contribution >= 0.6 is 0 Å². The number of hydrogen-bond donors (Lipinski definition) is 2. The summed E-state index contributed by atoms with van der Waals surface area (Å²) in [6.07, 6.45) is 2.09. The van der Waals surface area contributed by atoms with Gasteiger partial charge >= 0.3 is 5.97 Å². The number of benzene rings is 3. The third-order valence-corrected chi connectivity index (χ3v) is 6.05. The standard InChI is InChI=1S/C28H30FNO5/c29-25-17-21(6-9-22(25)10-13-27(32)33)19-35-26-5-1-3-23-4-2-14-30(28(23)26)18-20-7-11-24(12-8-20)34-16-15-31/h1,3,5-9,11-12,17,31H,2,4,10,13-16,18-19H2,(H,32,33). The fourth-order valence-electron chi connectivity index (χ4n) is 4.34. The van der Waals surface area contributed by atoms with Crippen molar-refractivity contribution in [3.8, 4) is 11.5 Å². The number of halogens is 1. The van der Waals surface area contributed by atoms with Gasteiger partial charge in [-0.3, -0.25) is 4.79 Å². The minimum atomic E-state index is -0.943. The van der Waals surface area contributed by atoms with Crippen LogP contribution in [0.4, 0.5) is 10.1 Å². The molecule has 0 aromatic heterocycles. The zero-order chi connectivity index (χ0) is 24.6. The summed E-state index contributed by atoms with van der Waals surface area (Å²) in [5.41, 5.74) is 4.53. The number of hydrogen-bond acceptors (Lipinski definition) is 5. The normalized spacial score (nSPS) is 12.8. The predicted octanol–water partition coefficient (Wildman–Crippen LogP) is 4.75. The first-order valence-corrected chi connectivity index (χ1v) is 11.8. The quantitative estimate of drug-likeness (QED) is 0.413. The highest BCUT2D eigenvalue weighted by Crippen LogP contribution is 2.37. The van der Waals surface area contributed by atoms with E-state index in [1.165, 1.54) is 11.6 Å². The Morgan fingerprint density at radius 1 is 1.03 bits per heavy atom. The molecular formula is C28H30FNO5. The fourth-order valence-corrected chi connectivity index (χ4v) is 4.34. The molecule has 0 aliphatic carbocycles. The van der Waals surface area contributed by atoms with Crippen LogP contribution in [-0.4, -0.2) is 35.9 Å². The van der Waals surface area contributed by atoms with Crippen LogP contribution in [0.15, 0.2) is 60.7 Å². The van der Waals surface area contributed by atoms with E-state index in [-0.39, 0.29) is 32.7 Å². The van der Waals surface area contributed by atoms with Gasteiger partial charge in [0.1, 0.15) is 30.5 Å². The smallest absolute Gasteiger partial charge is 0.303 e. The van der Waals surface area contributed by atoms with Gasteiger partial charge in [0.25, 0.3) is 0 Å². The first-order chi connectivity index (χ1) is 17.0. The number of ether oxygens (including phenoxy) is 2. The van der Waals surface area contributed by atoms with Gasteiger partial charge in [0, 0.05) is 19.5 Å². The molecule has 0 radical (unpaired) electrons. The lowest BCUT2D eigenvalue weighted by molar-refractivity contribution is -0.136. The molecule has 0 fully saturated rings. The Bertz CT molecular complexity index is 1150. The molecule has 3 aromatic carbocycles. The van der Waals surface area contributed by atoms with E-state index in [9.17, 15) is 9.18 Å². The third kappa shape index (κ3) is 6.51. The van der Waals surface area contributed by atoms with Crippen molar-refractivity contribution in [2.24, 2.45) is 0 Å². The Morgan fingerprint density at radius 3 is 2.57 bits per heavy atom. The molecule has 0 amide bonds. The van der Waals surface area contributed by atoms with Crippen LogP contribution < -0.4 is 14.4 Å². The van der Waals surface area contributed by atoms with Gasteiger partial charge in [-0.25, -0.2) is 4.39 Å². The molecule has 3 aromatic rings. The van der Waals surface area contributed by atoms with Crippen LogP contribution in [0.2, 0.25) is 0 Å². The number of aliphatic hydroxyl groups excluding tert-OH is 1. The summed E-state index contributed by atoms with van der Waals surface area (Å²) in [6.45, 7) is 2.10. The summed E-state index contributed by atoms with van der Waals surface area (Å²) in [5, 5.41) is 17.7. The number of para-hydroxylation sites is 1. The van der Waals surface area contributed by atoms with Crippen molar-refractivity contribution in [3.63, 3.8) is 0 Å². The van der Waals surface area contributed by atoms with Gasteiger partial charge in [-0.1, -0.05) is 36.4 Å². The summed E-state index contributed by atoms with van der Waals surface area (Å²) < 4.78 is 26.0. The minimum Gasteiger partial charge on any atom is -0.491 e. The van der Waals surface area contributed by atoms with Gasteiger partial charge in [0.05, 0.1) is 12.3 Å². The number of aryl methyl sites for hydroxylation is 2. The molecule has 1 aliphatic rings. The Balaban J connectivity index is 1.46. The summed E-state index contributed by atoms with van der Waals surface area (Å²) in [7, 11) is 0. The van der Waals surface area contributed by atoms with E-state index in [0.29, 0.717) is 11.1 Å². The summed E-state index contributed by atoms with van der Waals surface area (Å²) in [5.74, 6) is 0.143. The number of rotatable bonds is 11. The van der Waals surface area contributed by atoms with Crippen LogP contribution in [0, 0.1) is 5.82 Å². The SMILES string of the molecule is O=C(O)CCc1ccc(COc2cccc3c2N(Cc2ccc(OCCO)cc2)CCC3)cc1F. The number of anilines is 1. The average Bonchev–Trinajstić information content (AvgIpc) is 2.86. The number of carbonyl (C=O) groups is 1. The first kappa shape index (κ1) is 24.5. The van der Waals surface area contributed by atoms with Crippen LogP contribution in [0.5, 0.6) is 11.5 Å². The van der Waals surface area contributed by atoms with Crippen molar-refractivity contribution in [1.82, 2.24) is 0 Å². The molecule has 4 rings (SSSR count). The van der Waals surface area contributed by atoms with Crippen molar-refractivity contribution in [2.75, 3.05) is 24.7 Å². The van der Waals surface area contributed by atoms with E-state index < -0.39 is 11.8 Å². The van der Waals surface area contributed by atoms with Crippen molar-refractivity contribution in [2.45, 2.75) is 38.8 Å². The molecule has 0 saturated carbocycles. The number of carboxylic acids is 1. The monoisotopic (exact) mass is 479 g/mol. The van der Waals surface area contributed by atoms with Crippen LogP contribution in [0.25, 0.3) is 0 Å². The molecular weight excluding hydrogens is 449 g/mol. The van der Waals surface area contributed by atoms with E-state index in [1.807, 2.05) is 36.4 Å². The third-order valence-electron chi connectivity index (χ3n) is 6.05. The Labute approximate surface area is 204 Å². The fraction of sp³-hybridized carbons (Fsp3) is 0.321. The highest BCUT2D eigenvalue weighted by Gasteiger charge is 2.21. The van der Waals surface area contributed by atoms with Crippen molar-refractivity contribution in [1.29, 1.82) is 0 Å². The molecule has 35 heavy (non-hydrogen) atoms. The molecule has 0 bridgehead atoms. The Hall–Kier alpha value is -3.58. The van der Waals surface area contributed by atoms with Gasteiger partial charge in [-0.2, -0.15) is 0 Å². The van der Waals surface area contributed by atoms with Crippen molar-refractivity contribution in [3.05, 3.63) is 88.7 Å². The molecule has 1 aliphatic heterocycles. The molecule has 6 nitrogen and oxygen atoms in total. The zero-order valence-electron chi connectivity index (χ0n) is 19.6. The predicted molar refractivity (Wildman–Crippen MR) is 132 cm³/mol. The number of nitrogens with zero attached hydrogens (tertiary/aromatic N) is 1. The molecule has 0 spiro atoms. The Kier molecular flexibility index (Phi) is 8.21. The maximum atomic E-state index is 14.4. The van der Waals surface area contributed by atoms with Gasteiger partial charge in [0.15, 0.2) is 0 Å². The van der Waals surface area contributed by atoms with E-state index in [1.54, 1.807) is 12.1 Å². The lowest BCUT2D eigenvalue weighted by Crippen LogP contribution is -2.29. The van der Waals surface area contributed by atoms with Crippen LogP contribution in [0.3, 0.4) is 0 Å². The number of aliphatic hydroxyl groups is 1. The highest BCUT2D eigenvalue weighted by atomic mass is 19.1.